The highest BCUT2D eigenvalue weighted by molar-refractivity contribution is 5.86. The molecule has 0 aliphatic carbocycles. The number of fused-ring (bicyclic) bond motifs is 1. The van der Waals surface area contributed by atoms with E-state index in [-0.39, 0.29) is 0 Å². The van der Waals surface area contributed by atoms with Gasteiger partial charge in [-0.1, -0.05) is 32.3 Å². The zero-order chi connectivity index (χ0) is 13.0. The lowest BCUT2D eigenvalue weighted by molar-refractivity contribution is 0.569. The fourth-order valence-electron chi connectivity index (χ4n) is 2.02. The Kier molecular flexibility index (Phi) is 4.07. The predicted molar refractivity (Wildman–Crippen MR) is 75.6 cm³/mol. The molecule has 3 N–H and O–H groups in total. The van der Waals surface area contributed by atoms with Crippen LogP contribution in [0.1, 0.15) is 39.5 Å². The molecule has 0 spiro atoms. The monoisotopic (exact) mass is 247 g/mol. The number of hydrogen-bond donors (Lipinski definition) is 2. The van der Waals surface area contributed by atoms with Crippen LogP contribution in [0.15, 0.2) is 22.6 Å². The van der Waals surface area contributed by atoms with Crippen molar-refractivity contribution in [3.05, 3.63) is 18.2 Å². The Hall–Kier alpha value is -1.71. The second-order valence-corrected chi connectivity index (χ2v) is 4.75. The molecule has 1 heterocycles. The fourth-order valence-corrected chi connectivity index (χ4v) is 2.02. The van der Waals surface area contributed by atoms with E-state index in [0.717, 1.165) is 17.5 Å². The van der Waals surface area contributed by atoms with Crippen LogP contribution in [0.4, 0.5) is 11.7 Å². The first-order valence-corrected chi connectivity index (χ1v) is 6.62. The molecule has 2 aromatic rings. The van der Waals surface area contributed by atoms with Crippen molar-refractivity contribution in [2.45, 2.75) is 45.6 Å². The summed E-state index contributed by atoms with van der Waals surface area (Å²) in [5, 5.41) is 3.28. The third-order valence-electron chi connectivity index (χ3n) is 3.06. The van der Waals surface area contributed by atoms with Gasteiger partial charge in [-0.15, -0.1) is 0 Å². The maximum Gasteiger partial charge on any atom is 0.295 e. The van der Waals surface area contributed by atoms with E-state index in [4.69, 9.17) is 10.2 Å². The first kappa shape index (κ1) is 12.7. The molecule has 0 radical (unpaired) electrons. The van der Waals surface area contributed by atoms with E-state index in [1.165, 1.54) is 19.3 Å². The zero-order valence-electron chi connectivity index (χ0n) is 11.1. The van der Waals surface area contributed by atoms with Crippen LogP contribution >= 0.6 is 0 Å². The highest BCUT2D eigenvalue weighted by Gasteiger charge is 2.10. The van der Waals surface area contributed by atoms with Crippen molar-refractivity contribution >= 4 is 22.8 Å². The predicted octanol–water partition coefficient (Wildman–Crippen LogP) is 3.79. The molecule has 0 saturated heterocycles. The molecule has 18 heavy (non-hydrogen) atoms. The Morgan fingerprint density at radius 1 is 1.39 bits per heavy atom. The summed E-state index contributed by atoms with van der Waals surface area (Å²) >= 11 is 0. The normalized spacial score (nSPS) is 12.8. The average Bonchev–Trinajstić information content (AvgIpc) is 2.73. The van der Waals surface area contributed by atoms with Crippen LogP contribution in [0.2, 0.25) is 0 Å². The second kappa shape index (κ2) is 5.76. The van der Waals surface area contributed by atoms with Gasteiger partial charge in [-0.25, -0.2) is 0 Å². The van der Waals surface area contributed by atoms with Gasteiger partial charge in [0.15, 0.2) is 5.58 Å². The van der Waals surface area contributed by atoms with Crippen molar-refractivity contribution in [3.8, 4) is 0 Å². The summed E-state index contributed by atoms with van der Waals surface area (Å²) in [6, 6.07) is 6.51. The van der Waals surface area contributed by atoms with Crippen molar-refractivity contribution in [3.63, 3.8) is 0 Å². The van der Waals surface area contributed by atoms with Crippen LogP contribution in [0, 0.1) is 0 Å². The van der Waals surface area contributed by atoms with Crippen LogP contribution in [0.3, 0.4) is 0 Å². The van der Waals surface area contributed by atoms with Gasteiger partial charge >= 0.3 is 0 Å². The van der Waals surface area contributed by atoms with Gasteiger partial charge in [-0.3, -0.25) is 0 Å². The van der Waals surface area contributed by atoms with Crippen molar-refractivity contribution in [1.82, 2.24) is 4.98 Å². The number of nitrogens with one attached hydrogen (secondary N) is 1. The van der Waals surface area contributed by atoms with E-state index in [9.17, 15) is 0 Å². The minimum absolute atomic E-state index is 0.367. The summed E-state index contributed by atoms with van der Waals surface area (Å²) in [4.78, 5) is 4.38. The summed E-state index contributed by atoms with van der Waals surface area (Å²) in [7, 11) is 0. The minimum Gasteiger partial charge on any atom is -0.423 e. The van der Waals surface area contributed by atoms with Gasteiger partial charge < -0.3 is 15.5 Å². The number of rotatable bonds is 6. The Morgan fingerprint density at radius 2 is 2.22 bits per heavy atom. The summed E-state index contributed by atoms with van der Waals surface area (Å²) < 4.78 is 5.62. The van der Waals surface area contributed by atoms with Gasteiger partial charge in [0, 0.05) is 6.04 Å². The minimum atomic E-state index is 0.367. The topological polar surface area (TPSA) is 64.1 Å². The Bertz CT molecular complexity index is 507. The number of unbranched alkanes of at least 4 members (excludes halogenated alkanes) is 2. The molecule has 4 heteroatoms. The number of para-hydroxylation sites is 1. The average molecular weight is 247 g/mol. The molecule has 1 atom stereocenters. The molecule has 0 aliphatic heterocycles. The van der Waals surface area contributed by atoms with Gasteiger partial charge in [-0.2, -0.15) is 4.98 Å². The SMILES string of the molecule is CCCCCC(C)Nc1nc2c(N)cccc2o1. The molecule has 1 aromatic carbocycles. The number of nitrogen functional groups attached to an aromatic ring is 1. The van der Waals surface area contributed by atoms with Crippen LogP contribution in [0.25, 0.3) is 11.1 Å². The van der Waals surface area contributed by atoms with E-state index >= 15 is 0 Å². The third-order valence-corrected chi connectivity index (χ3v) is 3.06. The lowest BCUT2D eigenvalue weighted by Crippen LogP contribution is -2.14. The molecule has 98 valence electrons. The lowest BCUT2D eigenvalue weighted by atomic mass is 10.1. The summed E-state index contributed by atoms with van der Waals surface area (Å²) in [6.45, 7) is 4.36. The first-order chi connectivity index (χ1) is 8.70. The molecule has 0 amide bonds. The highest BCUT2D eigenvalue weighted by atomic mass is 16.4. The van der Waals surface area contributed by atoms with Crippen molar-refractivity contribution in [1.29, 1.82) is 0 Å². The molecule has 4 nitrogen and oxygen atoms in total. The lowest BCUT2D eigenvalue weighted by Gasteiger charge is -2.10. The number of oxazole rings is 1. The molecule has 1 aromatic heterocycles. The molecule has 0 bridgehead atoms. The number of nitrogens with zero attached hydrogens (tertiary/aromatic N) is 1. The van der Waals surface area contributed by atoms with E-state index < -0.39 is 0 Å². The zero-order valence-corrected chi connectivity index (χ0v) is 11.1. The van der Waals surface area contributed by atoms with Gasteiger partial charge in [0.05, 0.1) is 5.69 Å². The summed E-state index contributed by atoms with van der Waals surface area (Å²) in [5.74, 6) is 0. The largest absolute Gasteiger partial charge is 0.423 e. The van der Waals surface area contributed by atoms with Gasteiger partial charge in [-0.05, 0) is 25.5 Å². The van der Waals surface area contributed by atoms with Gasteiger partial charge in [0.2, 0.25) is 0 Å². The van der Waals surface area contributed by atoms with Crippen LogP contribution in [-0.4, -0.2) is 11.0 Å². The van der Waals surface area contributed by atoms with Crippen LogP contribution < -0.4 is 11.1 Å². The third kappa shape index (κ3) is 2.94. The van der Waals surface area contributed by atoms with E-state index in [1.54, 1.807) is 0 Å². The number of hydrogen-bond acceptors (Lipinski definition) is 4. The van der Waals surface area contributed by atoms with Crippen molar-refractivity contribution in [2.75, 3.05) is 11.1 Å². The van der Waals surface area contributed by atoms with Crippen molar-refractivity contribution in [2.24, 2.45) is 0 Å². The van der Waals surface area contributed by atoms with Crippen molar-refractivity contribution < 1.29 is 4.42 Å². The maximum absolute atomic E-state index is 5.85. The fraction of sp³-hybridized carbons (Fsp3) is 0.500. The van der Waals surface area contributed by atoms with E-state index in [1.807, 2.05) is 18.2 Å². The molecule has 0 aliphatic rings. The first-order valence-electron chi connectivity index (χ1n) is 6.62. The van der Waals surface area contributed by atoms with E-state index in [0.29, 0.717) is 17.7 Å². The molecule has 0 saturated carbocycles. The quantitative estimate of drug-likeness (QED) is 0.602. The number of aromatic nitrogens is 1. The summed E-state index contributed by atoms with van der Waals surface area (Å²) in [5.41, 5.74) is 7.98. The molecule has 2 rings (SSSR count). The molecular formula is C14H21N3O. The van der Waals surface area contributed by atoms with Gasteiger partial charge in [0.1, 0.15) is 5.52 Å². The Morgan fingerprint density at radius 3 is 2.94 bits per heavy atom. The standard InChI is InChI=1S/C14H21N3O/c1-3-4-5-7-10(2)16-14-17-13-11(15)8-6-9-12(13)18-14/h6,8-10H,3-5,7,15H2,1-2H3,(H,16,17). The summed E-state index contributed by atoms with van der Waals surface area (Å²) in [6.07, 6.45) is 4.87. The Balaban J connectivity index is 2.01. The smallest absolute Gasteiger partial charge is 0.295 e. The Labute approximate surface area is 108 Å². The maximum atomic E-state index is 5.85. The van der Waals surface area contributed by atoms with E-state index in [2.05, 4.69) is 24.1 Å². The number of nitrogens with two attached hydrogens (primary N) is 1. The number of anilines is 2. The second-order valence-electron chi connectivity index (χ2n) is 4.75. The van der Waals surface area contributed by atoms with Crippen LogP contribution in [0.5, 0.6) is 0 Å². The molecule has 0 fully saturated rings. The number of benzene rings is 1. The van der Waals surface area contributed by atoms with Crippen LogP contribution in [-0.2, 0) is 0 Å². The molecule has 1 unspecified atom stereocenters. The highest BCUT2D eigenvalue weighted by Crippen LogP contribution is 2.24. The van der Waals surface area contributed by atoms with Gasteiger partial charge in [0.25, 0.3) is 6.01 Å². The molecular weight excluding hydrogens is 226 g/mol.